The molecule has 2 N–H and O–H groups in total. The van der Waals surface area contributed by atoms with E-state index in [4.69, 9.17) is 0 Å². The number of fused-ring (bicyclic) bond motifs is 1. The van der Waals surface area contributed by atoms with Crippen molar-refractivity contribution in [2.24, 2.45) is 0 Å². The molecule has 1 aliphatic rings. The molecule has 3 rings (SSSR count). The van der Waals surface area contributed by atoms with Crippen LogP contribution in [0.15, 0.2) is 110 Å². The van der Waals surface area contributed by atoms with Gasteiger partial charge in [-0.25, -0.2) is 4.39 Å². The first kappa shape index (κ1) is 28.7. The third kappa shape index (κ3) is 6.52. The maximum absolute atomic E-state index is 13.9. The molecular formula is C35H41FN2. The van der Waals surface area contributed by atoms with Crippen LogP contribution in [0.4, 0.5) is 4.39 Å². The van der Waals surface area contributed by atoms with Gasteiger partial charge in [0.2, 0.25) is 0 Å². The fourth-order valence-electron chi connectivity index (χ4n) is 4.83. The lowest BCUT2D eigenvalue weighted by Gasteiger charge is -2.20. The molecule has 2 nitrogen and oxygen atoms in total. The topological polar surface area (TPSA) is 24.1 Å². The molecule has 0 saturated carbocycles. The number of hydrogen-bond acceptors (Lipinski definition) is 2. The fraction of sp³-hybridized carbons (Fsp3) is 0.257. The van der Waals surface area contributed by atoms with Crippen molar-refractivity contribution in [1.29, 1.82) is 0 Å². The van der Waals surface area contributed by atoms with Crippen LogP contribution in [0.2, 0.25) is 0 Å². The summed E-state index contributed by atoms with van der Waals surface area (Å²) >= 11 is 0. The van der Waals surface area contributed by atoms with Crippen LogP contribution in [0.3, 0.4) is 0 Å². The van der Waals surface area contributed by atoms with Crippen LogP contribution < -0.4 is 10.6 Å². The molecule has 0 radical (unpaired) electrons. The van der Waals surface area contributed by atoms with Gasteiger partial charge in [-0.2, -0.15) is 0 Å². The lowest BCUT2D eigenvalue weighted by atomic mass is 9.85. The molecule has 2 aromatic rings. The molecule has 0 amide bonds. The second-order valence-electron chi connectivity index (χ2n) is 9.82. The highest BCUT2D eigenvalue weighted by Gasteiger charge is 2.26. The Balaban J connectivity index is 2.12. The van der Waals surface area contributed by atoms with Gasteiger partial charge in [0.05, 0.1) is 0 Å². The zero-order chi connectivity index (χ0) is 27.8. The van der Waals surface area contributed by atoms with Crippen LogP contribution in [-0.4, -0.2) is 7.05 Å². The Hall–Kier alpha value is -3.85. The van der Waals surface area contributed by atoms with Crippen molar-refractivity contribution < 1.29 is 4.39 Å². The molecule has 2 aromatic carbocycles. The zero-order valence-electron chi connectivity index (χ0n) is 23.4. The first-order valence-corrected chi connectivity index (χ1v) is 13.4. The van der Waals surface area contributed by atoms with E-state index in [0.717, 1.165) is 53.1 Å². The van der Waals surface area contributed by atoms with E-state index in [-0.39, 0.29) is 5.83 Å². The number of nitrogens with one attached hydrogen (secondary N) is 2. The van der Waals surface area contributed by atoms with Gasteiger partial charge in [0.25, 0.3) is 0 Å². The van der Waals surface area contributed by atoms with Crippen molar-refractivity contribution >= 4 is 11.3 Å². The molecule has 0 saturated heterocycles. The zero-order valence-corrected chi connectivity index (χ0v) is 23.4. The number of allylic oxidation sites excluding steroid dienone is 8. The lowest BCUT2D eigenvalue weighted by Crippen LogP contribution is -2.09. The first-order valence-electron chi connectivity index (χ1n) is 13.4. The second-order valence-corrected chi connectivity index (χ2v) is 9.82. The minimum Gasteiger partial charge on any atom is -0.388 e. The minimum absolute atomic E-state index is 0.301. The Labute approximate surface area is 228 Å². The molecule has 0 spiro atoms. The summed E-state index contributed by atoms with van der Waals surface area (Å²) in [5, 5.41) is 6.58. The van der Waals surface area contributed by atoms with Gasteiger partial charge in [0.1, 0.15) is 5.83 Å². The summed E-state index contributed by atoms with van der Waals surface area (Å²) in [6.45, 7) is 22.8. The van der Waals surface area contributed by atoms with Crippen LogP contribution >= 0.6 is 0 Å². The summed E-state index contributed by atoms with van der Waals surface area (Å²) in [6, 6.07) is 13.2. The Kier molecular flexibility index (Phi) is 9.90. The van der Waals surface area contributed by atoms with Crippen LogP contribution in [0, 0.1) is 0 Å². The van der Waals surface area contributed by atoms with Gasteiger partial charge < -0.3 is 10.6 Å². The molecule has 0 fully saturated rings. The van der Waals surface area contributed by atoms with Crippen LogP contribution in [0.25, 0.3) is 22.4 Å². The van der Waals surface area contributed by atoms with Crippen LogP contribution in [0.1, 0.15) is 68.2 Å². The molecule has 0 aromatic heterocycles. The Morgan fingerprint density at radius 3 is 2.50 bits per heavy atom. The summed E-state index contributed by atoms with van der Waals surface area (Å²) in [4.78, 5) is 0. The number of halogens is 1. The highest BCUT2D eigenvalue weighted by atomic mass is 19.1. The van der Waals surface area contributed by atoms with E-state index in [9.17, 15) is 4.39 Å². The maximum Gasteiger partial charge on any atom is 0.122 e. The molecule has 3 heteroatoms. The average Bonchev–Trinajstić information content (AvgIpc) is 3.28. The highest BCUT2D eigenvalue weighted by Crippen LogP contribution is 2.43. The molecule has 1 aliphatic carbocycles. The SMILES string of the molecule is C=C/C=C(F)\C=C/CC1=C(C(=C)NC)c2cc(-c3cccc(C(=C)NC(=C)CC)c3)c(C(C)CC)cc2C1. The number of benzene rings is 2. The quantitative estimate of drug-likeness (QED) is 0.263. The molecule has 1 unspecified atom stereocenters. The van der Waals surface area contributed by atoms with E-state index >= 15 is 0 Å². The summed E-state index contributed by atoms with van der Waals surface area (Å²) in [5.41, 5.74) is 12.3. The smallest absolute Gasteiger partial charge is 0.122 e. The van der Waals surface area contributed by atoms with Crippen molar-refractivity contribution in [1.82, 2.24) is 10.6 Å². The summed E-state index contributed by atoms with van der Waals surface area (Å²) in [7, 11) is 1.90. The number of hydrogen-bond donors (Lipinski definition) is 2. The fourth-order valence-corrected chi connectivity index (χ4v) is 4.83. The van der Waals surface area contributed by atoms with Gasteiger partial charge >= 0.3 is 0 Å². The van der Waals surface area contributed by atoms with Crippen LogP contribution in [-0.2, 0) is 6.42 Å². The standard InChI is InChI=1S/C35H41FN2/c1-9-14-31(36)18-13-17-29-20-30-21-32(23(4)10-2)33(22-34(30)35(29)26(7)37-8)28-16-12-15-27(19-28)25(6)38-24(5)11-3/h9,12-16,18-19,21-23,37-38H,1,5-7,10-11,17,20H2,2-4,8H3/b18-13-,31-14+. The average molecular weight is 509 g/mol. The van der Waals surface area contributed by atoms with Gasteiger partial charge in [0, 0.05) is 29.7 Å². The lowest BCUT2D eigenvalue weighted by molar-refractivity contribution is 0.666. The van der Waals surface area contributed by atoms with Crippen molar-refractivity contribution in [2.45, 2.75) is 52.4 Å². The summed E-state index contributed by atoms with van der Waals surface area (Å²) < 4.78 is 13.9. The van der Waals surface area contributed by atoms with E-state index in [0.29, 0.717) is 12.3 Å². The monoisotopic (exact) mass is 508 g/mol. The van der Waals surface area contributed by atoms with E-state index < -0.39 is 0 Å². The first-order chi connectivity index (χ1) is 18.2. The normalized spacial score (nSPS) is 13.9. The molecule has 0 heterocycles. The molecule has 0 bridgehead atoms. The minimum atomic E-state index is -0.301. The second kappa shape index (κ2) is 13.1. The van der Waals surface area contributed by atoms with Crippen molar-refractivity contribution in [2.75, 3.05) is 7.05 Å². The largest absolute Gasteiger partial charge is 0.388 e. The van der Waals surface area contributed by atoms with Gasteiger partial charge in [0.15, 0.2) is 0 Å². The summed E-state index contributed by atoms with van der Waals surface area (Å²) in [6.07, 6.45) is 9.58. The Bertz CT molecular complexity index is 1340. The maximum atomic E-state index is 13.9. The molecule has 38 heavy (non-hydrogen) atoms. The van der Waals surface area contributed by atoms with Gasteiger partial charge in [-0.05, 0) is 89.3 Å². The van der Waals surface area contributed by atoms with Gasteiger partial charge in [-0.3, -0.25) is 0 Å². The summed E-state index contributed by atoms with van der Waals surface area (Å²) in [5.74, 6) is 0.100. The van der Waals surface area contributed by atoms with Crippen molar-refractivity contribution in [3.8, 4) is 11.1 Å². The van der Waals surface area contributed by atoms with Gasteiger partial charge in [-0.1, -0.05) is 89.1 Å². The molecule has 198 valence electrons. The molecule has 1 atom stereocenters. The van der Waals surface area contributed by atoms with Crippen molar-refractivity contribution in [3.63, 3.8) is 0 Å². The van der Waals surface area contributed by atoms with E-state index in [2.05, 4.69) is 94.1 Å². The highest BCUT2D eigenvalue weighted by molar-refractivity contribution is 5.89. The molecule has 0 aliphatic heterocycles. The van der Waals surface area contributed by atoms with Crippen molar-refractivity contribution in [3.05, 3.63) is 132 Å². The van der Waals surface area contributed by atoms with E-state index in [1.165, 1.54) is 46.1 Å². The number of likely N-dealkylation sites (N-methyl/N-ethyl adjacent to an activating group) is 1. The number of rotatable bonds is 13. The molecular weight excluding hydrogens is 467 g/mol. The third-order valence-corrected chi connectivity index (χ3v) is 7.24. The van der Waals surface area contributed by atoms with E-state index in [1.54, 1.807) is 0 Å². The predicted molar refractivity (Wildman–Crippen MR) is 164 cm³/mol. The Morgan fingerprint density at radius 1 is 1.08 bits per heavy atom. The predicted octanol–water partition coefficient (Wildman–Crippen LogP) is 9.38. The van der Waals surface area contributed by atoms with Crippen LogP contribution in [0.5, 0.6) is 0 Å². The van der Waals surface area contributed by atoms with Gasteiger partial charge in [-0.15, -0.1) is 0 Å². The van der Waals surface area contributed by atoms with E-state index in [1.807, 2.05) is 13.1 Å². The Morgan fingerprint density at radius 2 is 1.84 bits per heavy atom. The third-order valence-electron chi connectivity index (χ3n) is 7.24.